The fourth-order valence-corrected chi connectivity index (χ4v) is 6.61. The number of halogens is 3. The van der Waals surface area contributed by atoms with Crippen molar-refractivity contribution in [2.24, 2.45) is 0 Å². The van der Waals surface area contributed by atoms with Crippen LogP contribution in [0.1, 0.15) is 30.5 Å². The first-order valence-electron chi connectivity index (χ1n) is 10.2. The second kappa shape index (κ2) is 9.32. The van der Waals surface area contributed by atoms with E-state index in [1.807, 2.05) is 0 Å². The molecule has 1 aromatic carbocycles. The van der Waals surface area contributed by atoms with Gasteiger partial charge in [0.25, 0.3) is 10.0 Å². The van der Waals surface area contributed by atoms with Gasteiger partial charge in [0, 0.05) is 24.2 Å². The van der Waals surface area contributed by atoms with Crippen LogP contribution in [0.2, 0.25) is 0 Å². The number of benzene rings is 1. The van der Waals surface area contributed by atoms with Crippen LogP contribution in [0.5, 0.6) is 0 Å². The summed E-state index contributed by atoms with van der Waals surface area (Å²) in [4.78, 5) is 21.1. The van der Waals surface area contributed by atoms with Crippen molar-refractivity contribution in [1.29, 1.82) is 0 Å². The molecule has 0 saturated carbocycles. The highest BCUT2D eigenvalue weighted by molar-refractivity contribution is 7.91. The number of aryl methyl sites for hydroxylation is 1. The van der Waals surface area contributed by atoms with Gasteiger partial charge >= 0.3 is 6.18 Å². The fraction of sp³-hybridized carbons (Fsp3) is 0.318. The van der Waals surface area contributed by atoms with E-state index in [-0.39, 0.29) is 22.8 Å². The molecule has 0 bridgehead atoms. The molecule has 3 aromatic rings. The molecule has 1 saturated heterocycles. The Bertz CT molecular complexity index is 1230. The van der Waals surface area contributed by atoms with E-state index in [4.69, 9.17) is 0 Å². The Morgan fingerprint density at radius 3 is 2.58 bits per heavy atom. The Hall–Kier alpha value is -2.63. The van der Waals surface area contributed by atoms with Crippen LogP contribution in [0.15, 0.2) is 58.4 Å². The molecule has 4 rings (SSSR count). The van der Waals surface area contributed by atoms with Crippen molar-refractivity contribution in [3.8, 4) is 11.3 Å². The largest absolute Gasteiger partial charge is 0.416 e. The molecule has 1 aliphatic heterocycles. The Kier molecular flexibility index (Phi) is 6.64. The molecule has 174 valence electrons. The van der Waals surface area contributed by atoms with Crippen molar-refractivity contribution in [3.05, 3.63) is 65.4 Å². The Morgan fingerprint density at radius 1 is 1.15 bits per heavy atom. The number of carbonyl (C=O) groups is 1. The van der Waals surface area contributed by atoms with Crippen LogP contribution in [0.4, 0.5) is 13.2 Å². The number of sulfonamides is 1. The normalized spacial score (nSPS) is 17.4. The molecular weight excluding hydrogens is 475 g/mol. The van der Waals surface area contributed by atoms with E-state index >= 15 is 0 Å². The lowest BCUT2D eigenvalue weighted by Gasteiger charge is -2.22. The van der Waals surface area contributed by atoms with E-state index in [9.17, 15) is 26.4 Å². The van der Waals surface area contributed by atoms with E-state index in [1.165, 1.54) is 28.8 Å². The zero-order chi connectivity index (χ0) is 23.6. The SMILES string of the molecule is O=C(CCc1cc(-c2ccc(C(F)(F)F)cc2)ncn1)[C@@H]1CCCN1S(=O)(=O)c1cccs1. The molecule has 6 nitrogen and oxygen atoms in total. The van der Waals surface area contributed by atoms with Crippen molar-refractivity contribution < 1.29 is 26.4 Å². The molecule has 1 atom stereocenters. The number of rotatable bonds is 7. The summed E-state index contributed by atoms with van der Waals surface area (Å²) in [5.41, 5.74) is 0.759. The van der Waals surface area contributed by atoms with Crippen LogP contribution in [0.3, 0.4) is 0 Å². The monoisotopic (exact) mass is 495 g/mol. The van der Waals surface area contributed by atoms with Crippen LogP contribution in [0.25, 0.3) is 11.3 Å². The van der Waals surface area contributed by atoms with Gasteiger partial charge in [-0.3, -0.25) is 4.79 Å². The van der Waals surface area contributed by atoms with Gasteiger partial charge in [0.1, 0.15) is 10.5 Å². The molecule has 1 fully saturated rings. The van der Waals surface area contributed by atoms with Gasteiger partial charge in [-0.15, -0.1) is 11.3 Å². The Morgan fingerprint density at radius 2 is 1.91 bits per heavy atom. The summed E-state index contributed by atoms with van der Waals surface area (Å²) in [5.74, 6) is -0.178. The summed E-state index contributed by atoms with van der Waals surface area (Å²) in [6, 6.07) is 8.78. The van der Waals surface area contributed by atoms with Crippen LogP contribution in [-0.4, -0.2) is 41.1 Å². The lowest BCUT2D eigenvalue weighted by Crippen LogP contribution is -2.40. The number of ketones is 1. The second-order valence-electron chi connectivity index (χ2n) is 7.64. The molecule has 2 aromatic heterocycles. The van der Waals surface area contributed by atoms with E-state index in [0.29, 0.717) is 36.3 Å². The average molecular weight is 496 g/mol. The van der Waals surface area contributed by atoms with Gasteiger partial charge in [0.05, 0.1) is 17.3 Å². The van der Waals surface area contributed by atoms with Crippen LogP contribution in [-0.2, 0) is 27.4 Å². The predicted octanol–water partition coefficient (Wildman–Crippen LogP) is 4.58. The highest BCUT2D eigenvalue weighted by Crippen LogP contribution is 2.31. The average Bonchev–Trinajstić information content (AvgIpc) is 3.50. The lowest BCUT2D eigenvalue weighted by atomic mass is 10.0. The molecule has 0 N–H and O–H groups in total. The summed E-state index contributed by atoms with van der Waals surface area (Å²) in [7, 11) is -3.70. The molecule has 3 heterocycles. The predicted molar refractivity (Wildman–Crippen MR) is 117 cm³/mol. The van der Waals surface area contributed by atoms with Crippen LogP contribution < -0.4 is 0 Å². The number of thiophene rings is 1. The molecule has 0 aliphatic carbocycles. The Balaban J connectivity index is 1.44. The zero-order valence-electron chi connectivity index (χ0n) is 17.3. The molecule has 0 amide bonds. The summed E-state index contributed by atoms with van der Waals surface area (Å²) < 4.78 is 65.6. The van der Waals surface area contributed by atoms with Crippen molar-refractivity contribution in [2.45, 2.75) is 42.1 Å². The molecule has 0 spiro atoms. The van der Waals surface area contributed by atoms with Gasteiger partial charge < -0.3 is 0 Å². The first kappa shape index (κ1) is 23.5. The number of alkyl halides is 3. The number of nitrogens with zero attached hydrogens (tertiary/aromatic N) is 3. The molecule has 0 unspecified atom stereocenters. The third-order valence-corrected chi connectivity index (χ3v) is 8.77. The van der Waals surface area contributed by atoms with Gasteiger partial charge in [0.15, 0.2) is 5.78 Å². The third kappa shape index (κ3) is 5.15. The van der Waals surface area contributed by atoms with Gasteiger partial charge in [-0.05, 0) is 48.9 Å². The maximum absolute atomic E-state index is 12.9. The lowest BCUT2D eigenvalue weighted by molar-refractivity contribution is -0.137. The molecule has 33 heavy (non-hydrogen) atoms. The standard InChI is InChI=1S/C22H20F3N3O3S2/c23-22(24,25)16-7-5-15(6-8-16)18-13-17(26-14-27-18)9-10-20(29)19-3-1-11-28(19)33(30,31)21-4-2-12-32-21/h2,4-8,12-14,19H,1,3,9-11H2/t19-/m0/s1. The zero-order valence-corrected chi connectivity index (χ0v) is 19.0. The first-order chi connectivity index (χ1) is 15.7. The van der Waals surface area contributed by atoms with E-state index in [0.717, 1.165) is 23.5 Å². The second-order valence-corrected chi connectivity index (χ2v) is 10.7. The summed E-state index contributed by atoms with van der Waals surface area (Å²) in [6.07, 6.45) is -1.64. The first-order valence-corrected chi connectivity index (χ1v) is 12.5. The number of aromatic nitrogens is 2. The molecule has 1 aliphatic rings. The number of hydrogen-bond acceptors (Lipinski definition) is 6. The minimum absolute atomic E-state index is 0.102. The van der Waals surface area contributed by atoms with Crippen molar-refractivity contribution in [3.63, 3.8) is 0 Å². The highest BCUT2D eigenvalue weighted by atomic mass is 32.2. The minimum Gasteiger partial charge on any atom is -0.298 e. The summed E-state index contributed by atoms with van der Waals surface area (Å²) in [5, 5.41) is 1.68. The highest BCUT2D eigenvalue weighted by Gasteiger charge is 2.39. The summed E-state index contributed by atoms with van der Waals surface area (Å²) >= 11 is 1.12. The topological polar surface area (TPSA) is 80.2 Å². The maximum Gasteiger partial charge on any atom is 0.416 e. The number of hydrogen-bond donors (Lipinski definition) is 0. The van der Waals surface area contributed by atoms with E-state index in [2.05, 4.69) is 9.97 Å². The van der Waals surface area contributed by atoms with Crippen molar-refractivity contribution in [1.82, 2.24) is 14.3 Å². The maximum atomic E-state index is 12.9. The third-order valence-electron chi connectivity index (χ3n) is 5.49. The molecular formula is C22H20F3N3O3S2. The Labute approximate surface area is 193 Å². The number of Topliss-reactive ketones (excluding diaryl/α,β-unsaturated/α-hetero) is 1. The van der Waals surface area contributed by atoms with Gasteiger partial charge in [-0.1, -0.05) is 18.2 Å². The quantitative estimate of drug-likeness (QED) is 0.479. The van der Waals surface area contributed by atoms with Gasteiger partial charge in [-0.2, -0.15) is 17.5 Å². The molecule has 0 radical (unpaired) electrons. The number of carbonyl (C=O) groups excluding carboxylic acids is 1. The van der Waals surface area contributed by atoms with E-state index in [1.54, 1.807) is 17.5 Å². The van der Waals surface area contributed by atoms with Gasteiger partial charge in [0.2, 0.25) is 0 Å². The minimum atomic E-state index is -4.42. The van der Waals surface area contributed by atoms with Crippen molar-refractivity contribution >= 4 is 27.1 Å². The van der Waals surface area contributed by atoms with Crippen LogP contribution in [0, 0.1) is 0 Å². The van der Waals surface area contributed by atoms with E-state index < -0.39 is 27.8 Å². The fourth-order valence-electron chi connectivity index (χ4n) is 3.82. The summed E-state index contributed by atoms with van der Waals surface area (Å²) in [6.45, 7) is 0.308. The van der Waals surface area contributed by atoms with Crippen molar-refractivity contribution in [2.75, 3.05) is 6.54 Å². The molecule has 11 heteroatoms. The van der Waals surface area contributed by atoms with Crippen LogP contribution >= 0.6 is 11.3 Å². The van der Waals surface area contributed by atoms with Gasteiger partial charge in [-0.25, -0.2) is 18.4 Å². The smallest absolute Gasteiger partial charge is 0.298 e.